The molecule has 0 aliphatic carbocycles. The van der Waals surface area contributed by atoms with Gasteiger partial charge in [0.25, 0.3) is 0 Å². The number of rotatable bonds is 2. The van der Waals surface area contributed by atoms with E-state index in [1.165, 1.54) is 6.26 Å². The zero-order valence-corrected chi connectivity index (χ0v) is 7.20. The highest BCUT2D eigenvalue weighted by atomic mass is 32.2. The second-order valence-electron chi connectivity index (χ2n) is 3.35. The van der Waals surface area contributed by atoms with E-state index in [1.807, 2.05) is 21.1 Å². The first-order valence-corrected chi connectivity index (χ1v) is 4.75. The Kier molecular flexibility index (Phi) is 2.24. The molecule has 0 amide bonds. The smallest absolute Gasteiger partial charge is 0.197 e. The summed E-state index contributed by atoms with van der Waals surface area (Å²) in [7, 11) is 2.74. The van der Waals surface area contributed by atoms with Crippen LogP contribution in [0.4, 0.5) is 0 Å². The third-order valence-corrected chi connectivity index (χ3v) is 1.87. The van der Waals surface area contributed by atoms with E-state index in [-0.39, 0.29) is 5.88 Å². The lowest BCUT2D eigenvalue weighted by Crippen LogP contribution is -2.38. The second kappa shape index (κ2) is 2.27. The minimum Gasteiger partial charge on any atom is -0.318 e. The minimum absolute atomic E-state index is 0.201. The molecule has 0 bridgehead atoms. The summed E-state index contributed by atoms with van der Waals surface area (Å²) in [5, 5.41) is 0. The van der Waals surface area contributed by atoms with Crippen LogP contribution >= 0.6 is 0 Å². The summed E-state index contributed by atoms with van der Waals surface area (Å²) in [5.74, 6) is 0.201. The average Bonchev–Trinajstić information content (AvgIpc) is 1.14. The van der Waals surface area contributed by atoms with Crippen molar-refractivity contribution in [3.63, 3.8) is 0 Å². The Labute approximate surface area is 56.8 Å². The maximum atomic E-state index is 10.6. The summed E-state index contributed by atoms with van der Waals surface area (Å²) in [6, 6.07) is 0. The predicted octanol–water partition coefficient (Wildman–Crippen LogP) is -0.305. The van der Waals surface area contributed by atoms with Gasteiger partial charge in [-0.2, -0.15) is 0 Å². The maximum absolute atomic E-state index is 10.6. The predicted molar refractivity (Wildman–Crippen MR) is 37.7 cm³/mol. The van der Waals surface area contributed by atoms with Crippen LogP contribution in [0.25, 0.3) is 0 Å². The van der Waals surface area contributed by atoms with Gasteiger partial charge in [0.1, 0.15) is 0 Å². The lowest BCUT2D eigenvalue weighted by molar-refractivity contribution is -0.857. The molecule has 0 aliphatic rings. The zero-order chi connectivity index (χ0) is 7.71. The molecule has 56 valence electrons. The van der Waals surface area contributed by atoms with Gasteiger partial charge >= 0.3 is 0 Å². The van der Waals surface area contributed by atoms with E-state index >= 15 is 0 Å². The molecule has 0 aliphatic heterocycles. The van der Waals surface area contributed by atoms with Crippen LogP contribution in [-0.4, -0.2) is 46.2 Å². The highest BCUT2D eigenvalue weighted by Gasteiger charge is 2.14. The van der Waals surface area contributed by atoms with Crippen molar-refractivity contribution >= 4 is 9.84 Å². The van der Waals surface area contributed by atoms with Crippen molar-refractivity contribution in [1.82, 2.24) is 0 Å². The first-order valence-electron chi connectivity index (χ1n) is 2.69. The van der Waals surface area contributed by atoms with Crippen LogP contribution in [0, 0.1) is 0 Å². The standard InChI is InChI=1S/C5H14NO2S/c1-6(2,3)5-9(4,7)8/h5H2,1-4H3/q+1. The molecule has 3 nitrogen and oxygen atoms in total. The van der Waals surface area contributed by atoms with Crippen LogP contribution in [0.1, 0.15) is 0 Å². The molecule has 0 rings (SSSR count). The molecular formula is C5H14NO2S+. The Balaban J connectivity index is 4.07. The van der Waals surface area contributed by atoms with Crippen molar-refractivity contribution in [1.29, 1.82) is 0 Å². The fourth-order valence-electron chi connectivity index (χ4n) is 0.704. The monoisotopic (exact) mass is 152 g/mol. The van der Waals surface area contributed by atoms with E-state index in [0.29, 0.717) is 4.48 Å². The molecule has 0 saturated heterocycles. The topological polar surface area (TPSA) is 34.1 Å². The maximum Gasteiger partial charge on any atom is 0.197 e. The van der Waals surface area contributed by atoms with Crippen molar-refractivity contribution in [3.05, 3.63) is 0 Å². The number of hydrogen-bond donors (Lipinski definition) is 0. The van der Waals surface area contributed by atoms with E-state index in [0.717, 1.165) is 0 Å². The lowest BCUT2D eigenvalue weighted by atomic mass is 10.8. The highest BCUT2D eigenvalue weighted by Crippen LogP contribution is 1.93. The van der Waals surface area contributed by atoms with Crippen molar-refractivity contribution in [2.75, 3.05) is 33.3 Å². The number of quaternary nitrogens is 1. The minimum atomic E-state index is -2.81. The molecule has 0 aromatic carbocycles. The van der Waals surface area contributed by atoms with Crippen LogP contribution in [0.3, 0.4) is 0 Å². The summed E-state index contributed by atoms with van der Waals surface area (Å²) < 4.78 is 21.7. The zero-order valence-electron chi connectivity index (χ0n) is 6.38. The number of nitrogens with zero attached hydrogens (tertiary/aromatic N) is 1. The second-order valence-corrected chi connectivity index (χ2v) is 5.45. The Bertz CT molecular complexity index is 176. The number of hydrogen-bond acceptors (Lipinski definition) is 2. The molecule has 0 unspecified atom stereocenters. The summed E-state index contributed by atoms with van der Waals surface area (Å²) in [6.45, 7) is 0. The van der Waals surface area contributed by atoms with Crippen LogP contribution in [-0.2, 0) is 9.84 Å². The van der Waals surface area contributed by atoms with Crippen molar-refractivity contribution in [2.24, 2.45) is 0 Å². The summed E-state index contributed by atoms with van der Waals surface area (Å²) in [5.41, 5.74) is 0. The first kappa shape index (κ1) is 8.91. The Morgan fingerprint density at radius 1 is 1.22 bits per heavy atom. The highest BCUT2D eigenvalue weighted by molar-refractivity contribution is 7.90. The van der Waals surface area contributed by atoms with Gasteiger partial charge in [-0.3, -0.25) is 0 Å². The third kappa shape index (κ3) is 7.91. The lowest BCUT2D eigenvalue weighted by Gasteiger charge is -2.21. The molecule has 0 saturated carbocycles. The normalized spacial score (nSPS) is 13.8. The molecule has 0 atom stereocenters. The Hall–Kier alpha value is -0.0900. The van der Waals surface area contributed by atoms with Crippen molar-refractivity contribution in [2.45, 2.75) is 0 Å². The van der Waals surface area contributed by atoms with Crippen LogP contribution < -0.4 is 0 Å². The van der Waals surface area contributed by atoms with Crippen LogP contribution in [0.5, 0.6) is 0 Å². The molecule has 0 heterocycles. The van der Waals surface area contributed by atoms with E-state index in [9.17, 15) is 8.42 Å². The molecule has 0 fully saturated rings. The van der Waals surface area contributed by atoms with E-state index < -0.39 is 9.84 Å². The van der Waals surface area contributed by atoms with Gasteiger partial charge < -0.3 is 4.48 Å². The van der Waals surface area contributed by atoms with Crippen LogP contribution in [0.15, 0.2) is 0 Å². The molecule has 0 radical (unpaired) electrons. The quantitative estimate of drug-likeness (QED) is 0.509. The summed E-state index contributed by atoms with van der Waals surface area (Å²) in [6.07, 6.45) is 1.25. The van der Waals surface area contributed by atoms with E-state index in [4.69, 9.17) is 0 Å². The third-order valence-electron chi connectivity index (χ3n) is 0.622. The van der Waals surface area contributed by atoms with Gasteiger partial charge in [0.2, 0.25) is 0 Å². The average molecular weight is 152 g/mol. The van der Waals surface area contributed by atoms with Crippen molar-refractivity contribution < 1.29 is 12.9 Å². The molecule has 0 spiro atoms. The molecule has 9 heavy (non-hydrogen) atoms. The fourth-order valence-corrected chi connectivity index (χ4v) is 2.11. The van der Waals surface area contributed by atoms with Gasteiger partial charge in [-0.15, -0.1) is 0 Å². The number of sulfone groups is 1. The molecule has 0 N–H and O–H groups in total. The van der Waals surface area contributed by atoms with Gasteiger partial charge in [-0.25, -0.2) is 8.42 Å². The molecule has 4 heteroatoms. The summed E-state index contributed by atoms with van der Waals surface area (Å²) >= 11 is 0. The summed E-state index contributed by atoms with van der Waals surface area (Å²) in [4.78, 5) is 0. The molecule has 0 aromatic heterocycles. The fraction of sp³-hybridized carbons (Fsp3) is 1.00. The van der Waals surface area contributed by atoms with Gasteiger partial charge in [-0.05, 0) is 0 Å². The largest absolute Gasteiger partial charge is 0.318 e. The SMILES string of the molecule is C[N+](C)(C)CS(C)(=O)=O. The van der Waals surface area contributed by atoms with E-state index in [2.05, 4.69) is 0 Å². The Morgan fingerprint density at radius 2 is 1.56 bits per heavy atom. The molecular weight excluding hydrogens is 138 g/mol. The first-order chi connectivity index (χ1) is 3.71. The van der Waals surface area contributed by atoms with Gasteiger partial charge in [0, 0.05) is 6.26 Å². The van der Waals surface area contributed by atoms with Gasteiger partial charge in [0.05, 0.1) is 21.1 Å². The van der Waals surface area contributed by atoms with Crippen LogP contribution in [0.2, 0.25) is 0 Å². The molecule has 0 aromatic rings. The van der Waals surface area contributed by atoms with E-state index in [1.54, 1.807) is 0 Å². The van der Waals surface area contributed by atoms with Gasteiger partial charge in [-0.1, -0.05) is 0 Å². The Morgan fingerprint density at radius 3 is 1.56 bits per heavy atom. The van der Waals surface area contributed by atoms with Gasteiger partial charge in [0.15, 0.2) is 15.7 Å². The van der Waals surface area contributed by atoms with Crippen molar-refractivity contribution in [3.8, 4) is 0 Å².